The molecule has 0 unspecified atom stereocenters. The maximum Gasteiger partial charge on any atom is 0.119 e. The number of benzene rings is 1. The largest absolute Gasteiger partial charge is 0.494 e. The van der Waals surface area contributed by atoms with Gasteiger partial charge in [-0.3, -0.25) is 0 Å². The molecule has 1 heterocycles. The molecule has 0 saturated carbocycles. The Kier molecular flexibility index (Phi) is 5.44. The zero-order chi connectivity index (χ0) is 14.4. The Bertz CT molecular complexity index is 394. The van der Waals surface area contributed by atoms with Crippen LogP contribution in [-0.2, 0) is 5.60 Å². The molecule has 2 rings (SSSR count). The molecule has 3 heteroatoms. The van der Waals surface area contributed by atoms with Crippen LogP contribution in [0.5, 0.6) is 5.75 Å². The van der Waals surface area contributed by atoms with Gasteiger partial charge in [0.1, 0.15) is 5.75 Å². The number of hydrogen-bond donors (Lipinski definition) is 1. The first-order valence-electron chi connectivity index (χ1n) is 7.86. The van der Waals surface area contributed by atoms with Crippen molar-refractivity contribution in [3.05, 3.63) is 29.8 Å². The maximum atomic E-state index is 10.8. The Balaban J connectivity index is 1.96. The first kappa shape index (κ1) is 15.3. The lowest BCUT2D eigenvalue weighted by molar-refractivity contribution is -0.0258. The minimum absolute atomic E-state index is 0.659. The molecule has 1 saturated heterocycles. The molecular formula is C17H27NO2. The third-order valence-corrected chi connectivity index (χ3v) is 4.09. The Morgan fingerprint density at radius 3 is 2.30 bits per heavy atom. The maximum absolute atomic E-state index is 10.8. The standard InChI is InChI=1S/C17H27NO2/c1-3-11-18-12-9-17(19,10-13-18)15-5-7-16(8-6-15)20-14-4-2/h5-8,19H,3-4,9-14H2,1-2H3. The number of likely N-dealkylation sites (tertiary alicyclic amines) is 1. The molecule has 1 fully saturated rings. The molecule has 1 aromatic rings. The first-order chi connectivity index (χ1) is 9.68. The van der Waals surface area contributed by atoms with E-state index in [1.54, 1.807) is 0 Å². The van der Waals surface area contributed by atoms with Crippen LogP contribution in [0.25, 0.3) is 0 Å². The normalized spacial score (nSPS) is 18.9. The van der Waals surface area contributed by atoms with E-state index in [2.05, 4.69) is 18.7 Å². The van der Waals surface area contributed by atoms with Crippen LogP contribution in [0.15, 0.2) is 24.3 Å². The summed E-state index contributed by atoms with van der Waals surface area (Å²) in [6.45, 7) is 8.16. The minimum Gasteiger partial charge on any atom is -0.494 e. The van der Waals surface area contributed by atoms with Gasteiger partial charge in [-0.1, -0.05) is 26.0 Å². The zero-order valence-electron chi connectivity index (χ0n) is 12.8. The summed E-state index contributed by atoms with van der Waals surface area (Å²) in [6.07, 6.45) is 3.84. The van der Waals surface area contributed by atoms with Crippen LogP contribution >= 0.6 is 0 Å². The average Bonchev–Trinajstić information content (AvgIpc) is 2.48. The van der Waals surface area contributed by atoms with Gasteiger partial charge in [-0.05, 0) is 49.9 Å². The topological polar surface area (TPSA) is 32.7 Å². The minimum atomic E-state index is -0.659. The molecule has 0 radical (unpaired) electrons. The SMILES string of the molecule is CCCOc1ccc(C2(O)CCN(CCC)CC2)cc1. The molecule has 0 aromatic heterocycles. The lowest BCUT2D eigenvalue weighted by Crippen LogP contribution is -2.42. The van der Waals surface area contributed by atoms with E-state index in [1.165, 1.54) is 6.42 Å². The van der Waals surface area contributed by atoms with Gasteiger partial charge in [-0.15, -0.1) is 0 Å². The second-order valence-electron chi connectivity index (χ2n) is 5.75. The second-order valence-corrected chi connectivity index (χ2v) is 5.75. The van der Waals surface area contributed by atoms with E-state index in [-0.39, 0.29) is 0 Å². The van der Waals surface area contributed by atoms with E-state index < -0.39 is 5.60 Å². The molecule has 0 aliphatic carbocycles. The highest BCUT2D eigenvalue weighted by Gasteiger charge is 2.33. The molecular weight excluding hydrogens is 250 g/mol. The molecule has 1 aliphatic heterocycles. The van der Waals surface area contributed by atoms with E-state index in [0.29, 0.717) is 0 Å². The van der Waals surface area contributed by atoms with Crippen molar-refractivity contribution in [3.63, 3.8) is 0 Å². The number of aliphatic hydroxyl groups is 1. The summed E-state index contributed by atoms with van der Waals surface area (Å²) < 4.78 is 5.59. The molecule has 0 atom stereocenters. The van der Waals surface area contributed by atoms with Crippen molar-refractivity contribution in [2.75, 3.05) is 26.2 Å². The molecule has 1 aromatic carbocycles. The van der Waals surface area contributed by atoms with Crippen molar-refractivity contribution < 1.29 is 9.84 Å². The van der Waals surface area contributed by atoms with E-state index in [9.17, 15) is 5.11 Å². The van der Waals surface area contributed by atoms with Crippen molar-refractivity contribution in [1.29, 1.82) is 0 Å². The highest BCUT2D eigenvalue weighted by Crippen LogP contribution is 2.33. The van der Waals surface area contributed by atoms with Crippen molar-refractivity contribution in [3.8, 4) is 5.75 Å². The molecule has 0 bridgehead atoms. The number of hydrogen-bond acceptors (Lipinski definition) is 3. The predicted octanol–water partition coefficient (Wildman–Crippen LogP) is 3.17. The molecule has 0 amide bonds. The molecule has 0 spiro atoms. The van der Waals surface area contributed by atoms with Gasteiger partial charge >= 0.3 is 0 Å². The van der Waals surface area contributed by atoms with Crippen LogP contribution in [0.3, 0.4) is 0 Å². The van der Waals surface area contributed by atoms with Gasteiger partial charge in [0.15, 0.2) is 0 Å². The fraction of sp³-hybridized carbons (Fsp3) is 0.647. The van der Waals surface area contributed by atoms with E-state index in [4.69, 9.17) is 4.74 Å². The lowest BCUT2D eigenvalue weighted by Gasteiger charge is -2.38. The van der Waals surface area contributed by atoms with Gasteiger partial charge in [0.25, 0.3) is 0 Å². The summed E-state index contributed by atoms with van der Waals surface area (Å²) in [6, 6.07) is 7.98. The van der Waals surface area contributed by atoms with E-state index >= 15 is 0 Å². The van der Waals surface area contributed by atoms with Crippen molar-refractivity contribution in [2.24, 2.45) is 0 Å². The van der Waals surface area contributed by atoms with Gasteiger partial charge in [-0.2, -0.15) is 0 Å². The Hall–Kier alpha value is -1.06. The molecule has 20 heavy (non-hydrogen) atoms. The highest BCUT2D eigenvalue weighted by molar-refractivity contribution is 5.31. The average molecular weight is 277 g/mol. The van der Waals surface area contributed by atoms with Gasteiger partial charge in [-0.25, -0.2) is 0 Å². The smallest absolute Gasteiger partial charge is 0.119 e. The van der Waals surface area contributed by atoms with Crippen molar-refractivity contribution in [1.82, 2.24) is 4.90 Å². The van der Waals surface area contributed by atoms with Crippen molar-refractivity contribution >= 4 is 0 Å². The monoisotopic (exact) mass is 277 g/mol. The third kappa shape index (κ3) is 3.74. The number of piperidine rings is 1. The lowest BCUT2D eigenvalue weighted by atomic mass is 9.84. The second kappa shape index (κ2) is 7.09. The first-order valence-corrected chi connectivity index (χ1v) is 7.86. The van der Waals surface area contributed by atoms with Gasteiger partial charge in [0.2, 0.25) is 0 Å². The number of ether oxygens (including phenoxy) is 1. The van der Waals surface area contributed by atoms with Crippen LogP contribution in [0.2, 0.25) is 0 Å². The van der Waals surface area contributed by atoms with E-state index in [1.807, 2.05) is 24.3 Å². The predicted molar refractivity (Wildman–Crippen MR) is 82.1 cm³/mol. The Labute approximate surface area is 122 Å². The van der Waals surface area contributed by atoms with Crippen LogP contribution in [0.4, 0.5) is 0 Å². The summed E-state index contributed by atoms with van der Waals surface area (Å²) in [4.78, 5) is 2.44. The van der Waals surface area contributed by atoms with Crippen molar-refractivity contribution in [2.45, 2.75) is 45.1 Å². The summed E-state index contributed by atoms with van der Waals surface area (Å²) in [5.41, 5.74) is 0.366. The zero-order valence-corrected chi connectivity index (χ0v) is 12.8. The van der Waals surface area contributed by atoms with Crippen LogP contribution in [-0.4, -0.2) is 36.2 Å². The highest BCUT2D eigenvalue weighted by atomic mass is 16.5. The van der Waals surface area contributed by atoms with Gasteiger partial charge in [0, 0.05) is 13.1 Å². The van der Waals surface area contributed by atoms with Crippen LogP contribution in [0, 0.1) is 0 Å². The van der Waals surface area contributed by atoms with Crippen LogP contribution in [0.1, 0.15) is 45.1 Å². The summed E-state index contributed by atoms with van der Waals surface area (Å²) in [7, 11) is 0. The van der Waals surface area contributed by atoms with Crippen LogP contribution < -0.4 is 4.74 Å². The molecule has 1 aliphatic rings. The molecule has 1 N–H and O–H groups in total. The quantitative estimate of drug-likeness (QED) is 0.867. The Morgan fingerprint density at radius 2 is 1.75 bits per heavy atom. The Morgan fingerprint density at radius 1 is 1.10 bits per heavy atom. The third-order valence-electron chi connectivity index (χ3n) is 4.09. The van der Waals surface area contributed by atoms with E-state index in [0.717, 1.165) is 56.8 Å². The molecule has 3 nitrogen and oxygen atoms in total. The van der Waals surface area contributed by atoms with Gasteiger partial charge in [0.05, 0.1) is 12.2 Å². The summed E-state index contributed by atoms with van der Waals surface area (Å²) in [5.74, 6) is 0.891. The fourth-order valence-electron chi connectivity index (χ4n) is 2.83. The number of rotatable bonds is 6. The summed E-state index contributed by atoms with van der Waals surface area (Å²) in [5, 5.41) is 10.8. The summed E-state index contributed by atoms with van der Waals surface area (Å²) >= 11 is 0. The fourth-order valence-corrected chi connectivity index (χ4v) is 2.83. The van der Waals surface area contributed by atoms with Gasteiger partial charge < -0.3 is 14.7 Å². The number of nitrogens with zero attached hydrogens (tertiary/aromatic N) is 1. The molecule has 112 valence electrons.